The molecule has 2 unspecified atom stereocenters. The Bertz CT molecular complexity index is 1580. The molecule has 0 aromatic rings. The van der Waals surface area contributed by atoms with Crippen molar-refractivity contribution in [3.8, 4) is 0 Å². The number of phosphoric ester groups is 2. The van der Waals surface area contributed by atoms with E-state index in [-0.39, 0.29) is 25.7 Å². The summed E-state index contributed by atoms with van der Waals surface area (Å²) in [6.07, 6.45) is 37.8. The standard InChI is InChI=1S/C57H106O17P2/c1-5-9-13-17-19-21-23-24-25-26-28-30-32-36-40-44-57(62)74-53(48-68-55(60)42-38-35-31-29-27-22-20-18-14-10-6-2)50-72-76(65,66)70-46-51(58)45-69-75(63,64)71-49-52(73-56(61)43-39-34-16-12-8-4)47-67-54(59)41-37-33-15-11-7-3/h21,23-25,51-53,58H,5-20,22,26-50H2,1-4H3,(H,63,64)(H,65,66)/b23-21-,25-24-/t51-,52+,53+/m0/s1. The smallest absolute Gasteiger partial charge is 0.462 e. The summed E-state index contributed by atoms with van der Waals surface area (Å²) in [6.45, 7) is 4.58. The van der Waals surface area contributed by atoms with Crippen LogP contribution in [0.5, 0.6) is 0 Å². The molecular weight excluding hydrogens is 1020 g/mol. The van der Waals surface area contributed by atoms with Gasteiger partial charge in [-0.15, -0.1) is 0 Å². The lowest BCUT2D eigenvalue weighted by atomic mass is 10.1. The Morgan fingerprint density at radius 3 is 0.961 bits per heavy atom. The van der Waals surface area contributed by atoms with Crippen LogP contribution in [0.15, 0.2) is 24.3 Å². The van der Waals surface area contributed by atoms with Gasteiger partial charge >= 0.3 is 39.5 Å². The summed E-state index contributed by atoms with van der Waals surface area (Å²) >= 11 is 0. The molecule has 0 bridgehead atoms. The molecule has 19 heteroatoms. The van der Waals surface area contributed by atoms with Crippen LogP contribution in [-0.2, 0) is 65.4 Å². The van der Waals surface area contributed by atoms with Crippen molar-refractivity contribution in [2.75, 3.05) is 39.6 Å². The van der Waals surface area contributed by atoms with Crippen LogP contribution in [0.25, 0.3) is 0 Å². The Kier molecular flexibility index (Phi) is 50.3. The maximum absolute atomic E-state index is 12.9. The second kappa shape index (κ2) is 51.9. The van der Waals surface area contributed by atoms with Crippen LogP contribution in [0.3, 0.4) is 0 Å². The number of aliphatic hydroxyl groups is 1. The Morgan fingerprint density at radius 2 is 0.632 bits per heavy atom. The van der Waals surface area contributed by atoms with Gasteiger partial charge in [0, 0.05) is 25.7 Å². The quantitative estimate of drug-likeness (QED) is 0.0169. The largest absolute Gasteiger partial charge is 0.472 e. The Hall–Kier alpha value is -2.46. The SMILES string of the molecule is CCCCCC/C=C\C=C/CCCCCCCC(=O)O[C@H](COC(=O)CCCCCCCCCCCCC)COP(=O)(O)OC[C@@H](O)COP(=O)(O)OC[C@@H](COC(=O)CCCCCCC)OC(=O)CCCCCCC. The highest BCUT2D eigenvalue weighted by molar-refractivity contribution is 7.47. The number of allylic oxidation sites excluding steroid dienone is 4. The maximum Gasteiger partial charge on any atom is 0.472 e. The van der Waals surface area contributed by atoms with Gasteiger partial charge in [0.2, 0.25) is 0 Å². The minimum atomic E-state index is -4.94. The van der Waals surface area contributed by atoms with Crippen molar-refractivity contribution in [3.63, 3.8) is 0 Å². The van der Waals surface area contributed by atoms with E-state index < -0.39 is 97.5 Å². The molecule has 3 N–H and O–H groups in total. The minimum Gasteiger partial charge on any atom is -0.462 e. The highest BCUT2D eigenvalue weighted by Crippen LogP contribution is 2.45. The maximum atomic E-state index is 12.9. The average Bonchev–Trinajstić information content (AvgIpc) is 3.39. The van der Waals surface area contributed by atoms with E-state index in [2.05, 4.69) is 52.0 Å². The van der Waals surface area contributed by atoms with Crippen LogP contribution < -0.4 is 0 Å². The monoisotopic (exact) mass is 1120 g/mol. The number of carbonyl (C=O) groups is 4. The van der Waals surface area contributed by atoms with E-state index in [4.69, 9.17) is 37.0 Å². The van der Waals surface area contributed by atoms with Crippen LogP contribution in [0.4, 0.5) is 0 Å². The highest BCUT2D eigenvalue weighted by Gasteiger charge is 2.30. The molecule has 0 spiro atoms. The number of aliphatic hydroxyl groups excluding tert-OH is 1. The zero-order valence-electron chi connectivity index (χ0n) is 47.7. The molecule has 0 aliphatic carbocycles. The van der Waals surface area contributed by atoms with E-state index in [1.807, 2.05) is 0 Å². The summed E-state index contributed by atoms with van der Waals surface area (Å²) < 4.78 is 67.2. The Balaban J connectivity index is 5.17. The minimum absolute atomic E-state index is 0.0851. The van der Waals surface area contributed by atoms with Crippen LogP contribution in [0.1, 0.15) is 259 Å². The van der Waals surface area contributed by atoms with Crippen LogP contribution in [0.2, 0.25) is 0 Å². The van der Waals surface area contributed by atoms with E-state index >= 15 is 0 Å². The van der Waals surface area contributed by atoms with Crippen LogP contribution in [-0.4, -0.2) is 96.7 Å². The molecule has 0 fully saturated rings. The molecule has 0 radical (unpaired) electrons. The Labute approximate surface area is 459 Å². The van der Waals surface area contributed by atoms with Crippen molar-refractivity contribution in [1.29, 1.82) is 0 Å². The third kappa shape index (κ3) is 51.0. The molecule has 0 aromatic carbocycles. The molecule has 0 heterocycles. The molecule has 0 aromatic heterocycles. The van der Waals surface area contributed by atoms with Crippen LogP contribution >= 0.6 is 15.6 Å². The van der Waals surface area contributed by atoms with Crippen molar-refractivity contribution < 1.29 is 80.2 Å². The summed E-state index contributed by atoms with van der Waals surface area (Å²) in [7, 11) is -9.86. The zero-order valence-corrected chi connectivity index (χ0v) is 49.5. The summed E-state index contributed by atoms with van der Waals surface area (Å²) in [4.78, 5) is 71.3. The second-order valence-corrected chi connectivity index (χ2v) is 22.9. The van der Waals surface area contributed by atoms with Crippen molar-refractivity contribution >= 4 is 39.5 Å². The summed E-state index contributed by atoms with van der Waals surface area (Å²) in [5, 5.41) is 10.4. The fraction of sp³-hybridized carbons (Fsp3) is 0.860. The van der Waals surface area contributed by atoms with Gasteiger partial charge in [0.25, 0.3) is 0 Å². The van der Waals surface area contributed by atoms with Crippen molar-refractivity contribution in [1.82, 2.24) is 0 Å². The van der Waals surface area contributed by atoms with Gasteiger partial charge in [-0.25, -0.2) is 9.13 Å². The van der Waals surface area contributed by atoms with E-state index in [9.17, 15) is 43.2 Å². The van der Waals surface area contributed by atoms with E-state index in [1.54, 1.807) is 0 Å². The highest BCUT2D eigenvalue weighted by atomic mass is 31.2. The lowest BCUT2D eigenvalue weighted by Gasteiger charge is -2.21. The number of carbonyl (C=O) groups excluding carboxylic acids is 4. The number of phosphoric acid groups is 2. The molecule has 17 nitrogen and oxygen atoms in total. The number of hydrogen-bond acceptors (Lipinski definition) is 15. The van der Waals surface area contributed by atoms with Gasteiger partial charge in [0.05, 0.1) is 26.4 Å². The van der Waals surface area contributed by atoms with E-state index in [0.717, 1.165) is 109 Å². The fourth-order valence-electron chi connectivity index (χ4n) is 7.86. The van der Waals surface area contributed by atoms with Crippen molar-refractivity contribution in [2.45, 2.75) is 277 Å². The zero-order chi connectivity index (χ0) is 56.2. The predicted molar refractivity (Wildman–Crippen MR) is 298 cm³/mol. The number of rotatable bonds is 56. The second-order valence-electron chi connectivity index (χ2n) is 20.0. The van der Waals surface area contributed by atoms with Crippen molar-refractivity contribution in [2.24, 2.45) is 0 Å². The summed E-state index contributed by atoms with van der Waals surface area (Å²) in [5.74, 6) is -2.20. The van der Waals surface area contributed by atoms with Gasteiger partial charge < -0.3 is 33.8 Å². The first-order valence-corrected chi connectivity index (χ1v) is 32.6. The first-order chi connectivity index (χ1) is 36.7. The molecule has 0 saturated carbocycles. The van der Waals surface area contributed by atoms with E-state index in [0.29, 0.717) is 25.7 Å². The van der Waals surface area contributed by atoms with Crippen molar-refractivity contribution in [3.05, 3.63) is 24.3 Å². The van der Waals surface area contributed by atoms with Gasteiger partial charge in [-0.3, -0.25) is 37.3 Å². The van der Waals surface area contributed by atoms with Crippen LogP contribution in [0, 0.1) is 0 Å². The summed E-state index contributed by atoms with van der Waals surface area (Å²) in [5.41, 5.74) is 0. The lowest BCUT2D eigenvalue weighted by Crippen LogP contribution is -2.30. The molecule has 5 atom stereocenters. The molecule has 0 aliphatic rings. The van der Waals surface area contributed by atoms with Gasteiger partial charge in [0.15, 0.2) is 12.2 Å². The normalized spacial score (nSPS) is 14.6. The molecule has 446 valence electrons. The summed E-state index contributed by atoms with van der Waals surface area (Å²) in [6, 6.07) is 0. The van der Waals surface area contributed by atoms with Gasteiger partial charge in [-0.2, -0.15) is 0 Å². The molecule has 0 saturated heterocycles. The molecule has 0 rings (SSSR count). The first kappa shape index (κ1) is 73.5. The van der Waals surface area contributed by atoms with Gasteiger partial charge in [-0.1, -0.05) is 206 Å². The molecule has 0 aliphatic heterocycles. The first-order valence-electron chi connectivity index (χ1n) is 29.6. The van der Waals surface area contributed by atoms with Gasteiger partial charge in [0.1, 0.15) is 19.3 Å². The fourth-order valence-corrected chi connectivity index (χ4v) is 9.43. The lowest BCUT2D eigenvalue weighted by molar-refractivity contribution is -0.161. The third-order valence-corrected chi connectivity index (χ3v) is 14.4. The molecule has 76 heavy (non-hydrogen) atoms. The number of ether oxygens (including phenoxy) is 4. The van der Waals surface area contributed by atoms with Gasteiger partial charge in [-0.05, 0) is 51.4 Å². The Morgan fingerprint density at radius 1 is 0.368 bits per heavy atom. The molecular formula is C57H106O17P2. The predicted octanol–water partition coefficient (Wildman–Crippen LogP) is 14.8. The van der Waals surface area contributed by atoms with E-state index in [1.165, 1.54) is 70.6 Å². The average molecular weight is 1130 g/mol. The number of unbranched alkanes of at least 4 members (excludes halogenated alkanes) is 27. The topological polar surface area (TPSA) is 237 Å². The third-order valence-electron chi connectivity index (χ3n) is 12.5. The molecule has 0 amide bonds. The number of esters is 4. The number of hydrogen-bond donors (Lipinski definition) is 3.